The lowest BCUT2D eigenvalue weighted by molar-refractivity contribution is -0.113. The van der Waals surface area contributed by atoms with Crippen molar-refractivity contribution in [2.45, 2.75) is 17.6 Å². The Balaban J connectivity index is 1.56. The predicted octanol–water partition coefficient (Wildman–Crippen LogP) is 6.11. The molecule has 3 aromatic rings. The van der Waals surface area contributed by atoms with Crippen molar-refractivity contribution in [3.63, 3.8) is 0 Å². The van der Waals surface area contributed by atoms with Gasteiger partial charge in [0.25, 0.3) is 10.0 Å². The molecule has 0 saturated heterocycles. The van der Waals surface area contributed by atoms with Gasteiger partial charge in [-0.25, -0.2) is 12.8 Å². The zero-order chi connectivity index (χ0) is 23.3. The Morgan fingerprint density at radius 1 is 1.00 bits per heavy atom. The van der Waals surface area contributed by atoms with Gasteiger partial charge in [-0.1, -0.05) is 35.3 Å². The van der Waals surface area contributed by atoms with Gasteiger partial charge in [-0.3, -0.25) is 9.52 Å². The van der Waals surface area contributed by atoms with Crippen molar-refractivity contribution < 1.29 is 17.6 Å². The molecule has 0 saturated carbocycles. The zero-order valence-corrected chi connectivity index (χ0v) is 20.0. The molecule has 0 aliphatic rings. The number of rotatable bonds is 8. The molecule has 0 spiro atoms. The van der Waals surface area contributed by atoms with Crippen LogP contribution in [0.1, 0.15) is 11.1 Å². The molecule has 2 N–H and O–H groups in total. The van der Waals surface area contributed by atoms with E-state index in [1.165, 1.54) is 54.2 Å². The summed E-state index contributed by atoms with van der Waals surface area (Å²) in [5, 5.41) is 3.45. The Kier molecular flexibility index (Phi) is 8.05. The lowest BCUT2D eigenvalue weighted by Crippen LogP contribution is -2.15. The SMILES string of the molecule is Cc1ccc(NS(=O)(=O)c2ccc(NC(=O)CSCc3c(F)cccc3Cl)cc2)cc1Cl. The highest BCUT2D eigenvalue weighted by molar-refractivity contribution is 7.99. The Bertz CT molecular complexity index is 1220. The zero-order valence-electron chi connectivity index (χ0n) is 16.9. The van der Waals surface area contributed by atoms with E-state index >= 15 is 0 Å². The van der Waals surface area contributed by atoms with Crippen LogP contribution in [0.5, 0.6) is 0 Å². The van der Waals surface area contributed by atoms with E-state index in [0.717, 1.165) is 5.56 Å². The highest BCUT2D eigenvalue weighted by atomic mass is 35.5. The number of hydrogen-bond donors (Lipinski definition) is 2. The Labute approximate surface area is 200 Å². The molecule has 0 aliphatic carbocycles. The van der Waals surface area contributed by atoms with Gasteiger partial charge in [0, 0.05) is 27.0 Å². The molecule has 0 bridgehead atoms. The fourth-order valence-electron chi connectivity index (χ4n) is 2.70. The third kappa shape index (κ3) is 6.38. The normalized spacial score (nSPS) is 11.2. The molecular weight excluding hydrogens is 494 g/mol. The Morgan fingerprint density at radius 3 is 2.34 bits per heavy atom. The number of amides is 1. The summed E-state index contributed by atoms with van der Waals surface area (Å²) in [7, 11) is -3.81. The summed E-state index contributed by atoms with van der Waals surface area (Å²) in [6.07, 6.45) is 0. The first-order valence-electron chi connectivity index (χ1n) is 9.35. The minimum atomic E-state index is -3.81. The summed E-state index contributed by atoms with van der Waals surface area (Å²) in [6, 6.07) is 15.1. The number of hydrogen-bond acceptors (Lipinski definition) is 4. The van der Waals surface area contributed by atoms with Crippen LogP contribution in [0.2, 0.25) is 10.0 Å². The van der Waals surface area contributed by atoms with Crippen LogP contribution >= 0.6 is 35.0 Å². The monoisotopic (exact) mass is 512 g/mol. The largest absolute Gasteiger partial charge is 0.325 e. The Morgan fingerprint density at radius 2 is 1.69 bits per heavy atom. The van der Waals surface area contributed by atoms with Crippen LogP contribution in [0.4, 0.5) is 15.8 Å². The molecule has 0 atom stereocenters. The van der Waals surface area contributed by atoms with Crippen LogP contribution in [0.3, 0.4) is 0 Å². The van der Waals surface area contributed by atoms with E-state index in [1.54, 1.807) is 18.2 Å². The number of thioether (sulfide) groups is 1. The number of benzene rings is 3. The van der Waals surface area contributed by atoms with Crippen molar-refractivity contribution in [3.05, 3.63) is 87.7 Å². The van der Waals surface area contributed by atoms with Gasteiger partial charge in [-0.15, -0.1) is 11.8 Å². The van der Waals surface area contributed by atoms with E-state index in [-0.39, 0.29) is 22.3 Å². The molecule has 0 radical (unpaired) electrons. The first-order valence-corrected chi connectivity index (χ1v) is 12.7. The van der Waals surface area contributed by atoms with Gasteiger partial charge in [0.2, 0.25) is 5.91 Å². The van der Waals surface area contributed by atoms with Gasteiger partial charge >= 0.3 is 0 Å². The van der Waals surface area contributed by atoms with Crippen LogP contribution in [0, 0.1) is 12.7 Å². The molecule has 1 amide bonds. The molecule has 0 unspecified atom stereocenters. The maximum absolute atomic E-state index is 13.8. The summed E-state index contributed by atoms with van der Waals surface area (Å²) in [5.74, 6) is -0.375. The third-order valence-corrected chi connectivity index (χ3v) is 7.53. The molecule has 10 heteroatoms. The standard InChI is InChI=1S/C22H19Cl2FN2O3S2/c1-14-5-6-16(11-20(14)24)27-32(29,30)17-9-7-15(8-10-17)26-22(28)13-31-12-18-19(23)3-2-4-21(18)25/h2-11,27H,12-13H2,1H3,(H,26,28). The molecule has 0 fully saturated rings. The minimum Gasteiger partial charge on any atom is -0.325 e. The first-order chi connectivity index (χ1) is 15.2. The fourth-order valence-corrected chi connectivity index (χ4v) is 5.10. The quantitative estimate of drug-likeness (QED) is 0.381. The van der Waals surface area contributed by atoms with Crippen molar-refractivity contribution in [2.24, 2.45) is 0 Å². The van der Waals surface area contributed by atoms with Crippen molar-refractivity contribution in [1.29, 1.82) is 0 Å². The van der Waals surface area contributed by atoms with Crippen LogP contribution in [0.25, 0.3) is 0 Å². The van der Waals surface area contributed by atoms with E-state index in [0.29, 0.717) is 27.0 Å². The van der Waals surface area contributed by atoms with Gasteiger partial charge < -0.3 is 5.32 Å². The molecule has 0 aliphatic heterocycles. The fraction of sp³-hybridized carbons (Fsp3) is 0.136. The van der Waals surface area contributed by atoms with Gasteiger partial charge in [0.1, 0.15) is 5.82 Å². The average Bonchev–Trinajstić information content (AvgIpc) is 2.73. The smallest absolute Gasteiger partial charge is 0.261 e. The van der Waals surface area contributed by atoms with Crippen molar-refractivity contribution >= 4 is 62.3 Å². The molecule has 0 heterocycles. The topological polar surface area (TPSA) is 75.3 Å². The van der Waals surface area contributed by atoms with Gasteiger partial charge in [0.05, 0.1) is 16.3 Å². The van der Waals surface area contributed by atoms with E-state index in [9.17, 15) is 17.6 Å². The highest BCUT2D eigenvalue weighted by Gasteiger charge is 2.15. The van der Waals surface area contributed by atoms with Crippen molar-refractivity contribution in [1.82, 2.24) is 0 Å². The van der Waals surface area contributed by atoms with Crippen LogP contribution < -0.4 is 10.0 Å². The third-order valence-electron chi connectivity index (χ3n) is 4.41. The summed E-state index contributed by atoms with van der Waals surface area (Å²) in [6.45, 7) is 1.82. The molecule has 5 nitrogen and oxygen atoms in total. The Hall–Kier alpha value is -2.26. The molecular formula is C22H19Cl2FN2O3S2. The van der Waals surface area contributed by atoms with E-state index in [2.05, 4.69) is 10.0 Å². The molecule has 32 heavy (non-hydrogen) atoms. The predicted molar refractivity (Wildman–Crippen MR) is 130 cm³/mol. The molecule has 3 rings (SSSR count). The summed E-state index contributed by atoms with van der Waals surface area (Å²) in [5.41, 5.74) is 1.98. The second kappa shape index (κ2) is 10.6. The number of nitrogens with one attached hydrogen (secondary N) is 2. The minimum absolute atomic E-state index is 0.0377. The average molecular weight is 513 g/mol. The number of carbonyl (C=O) groups is 1. The highest BCUT2D eigenvalue weighted by Crippen LogP contribution is 2.25. The number of anilines is 2. The van der Waals surface area contributed by atoms with Crippen LogP contribution in [-0.4, -0.2) is 20.1 Å². The lowest BCUT2D eigenvalue weighted by Gasteiger charge is -2.10. The summed E-state index contributed by atoms with van der Waals surface area (Å²) < 4.78 is 41.4. The van der Waals surface area contributed by atoms with Gasteiger partial charge in [-0.2, -0.15) is 0 Å². The number of carbonyl (C=O) groups excluding carboxylic acids is 1. The molecule has 168 valence electrons. The number of halogens is 3. The van der Waals surface area contributed by atoms with Crippen molar-refractivity contribution in [3.8, 4) is 0 Å². The summed E-state index contributed by atoms with van der Waals surface area (Å²) >= 11 is 13.2. The van der Waals surface area contributed by atoms with Gasteiger partial charge in [0.15, 0.2) is 0 Å². The van der Waals surface area contributed by atoms with E-state index < -0.39 is 15.8 Å². The second-order valence-electron chi connectivity index (χ2n) is 6.84. The van der Waals surface area contributed by atoms with Crippen LogP contribution in [0.15, 0.2) is 65.6 Å². The second-order valence-corrected chi connectivity index (χ2v) is 10.3. The molecule has 0 aromatic heterocycles. The van der Waals surface area contributed by atoms with E-state index in [1.807, 2.05) is 6.92 Å². The lowest BCUT2D eigenvalue weighted by atomic mass is 10.2. The summed E-state index contributed by atoms with van der Waals surface area (Å²) in [4.78, 5) is 12.2. The number of sulfonamides is 1. The number of aryl methyl sites for hydroxylation is 1. The molecule has 3 aromatic carbocycles. The van der Waals surface area contributed by atoms with Crippen LogP contribution in [-0.2, 0) is 20.6 Å². The van der Waals surface area contributed by atoms with Crippen molar-refractivity contribution in [2.75, 3.05) is 15.8 Å². The van der Waals surface area contributed by atoms with Gasteiger partial charge in [-0.05, 0) is 61.0 Å². The first kappa shape index (κ1) is 24.4. The maximum Gasteiger partial charge on any atom is 0.261 e. The maximum atomic E-state index is 13.8. The van der Waals surface area contributed by atoms with E-state index in [4.69, 9.17) is 23.2 Å².